The molecule has 3 rings (SSSR count). The van der Waals surface area contributed by atoms with Crippen molar-refractivity contribution < 1.29 is 18.7 Å². The third-order valence-corrected chi connectivity index (χ3v) is 4.14. The zero-order valence-electron chi connectivity index (χ0n) is 13.3. The summed E-state index contributed by atoms with van der Waals surface area (Å²) in [4.78, 5) is 14.5. The fourth-order valence-corrected chi connectivity index (χ4v) is 2.76. The van der Waals surface area contributed by atoms with E-state index in [1.54, 1.807) is 36.9 Å². The molecule has 1 atom stereocenters. The van der Waals surface area contributed by atoms with Crippen molar-refractivity contribution in [2.24, 2.45) is 0 Å². The van der Waals surface area contributed by atoms with Crippen LogP contribution in [0.1, 0.15) is 46.4 Å². The van der Waals surface area contributed by atoms with E-state index in [-0.39, 0.29) is 24.3 Å². The lowest BCUT2D eigenvalue weighted by molar-refractivity contribution is 0.0601. The zero-order valence-corrected chi connectivity index (χ0v) is 13.3. The van der Waals surface area contributed by atoms with E-state index in [1.807, 2.05) is 0 Å². The highest BCUT2D eigenvalue weighted by atomic mass is 19.1. The highest BCUT2D eigenvalue weighted by molar-refractivity contribution is 5.95. The first-order valence-electron chi connectivity index (χ1n) is 7.77. The number of rotatable bonds is 5. The molecule has 0 bridgehead atoms. The van der Waals surface area contributed by atoms with Crippen LogP contribution in [0.4, 0.5) is 4.39 Å². The van der Waals surface area contributed by atoms with Gasteiger partial charge < -0.3 is 14.4 Å². The molecule has 1 heterocycles. The number of amides is 1. The van der Waals surface area contributed by atoms with Crippen LogP contribution >= 0.6 is 0 Å². The van der Waals surface area contributed by atoms with Crippen LogP contribution in [-0.4, -0.2) is 28.5 Å². The third kappa shape index (κ3) is 3.45. The van der Waals surface area contributed by atoms with E-state index < -0.39 is 6.10 Å². The second-order valence-electron chi connectivity index (χ2n) is 6.08. The molecule has 0 radical (unpaired) electrons. The maximum atomic E-state index is 13.0. The predicted octanol–water partition coefficient (Wildman–Crippen LogP) is 3.37. The number of hydrogen-bond acceptors (Lipinski definition) is 3. The van der Waals surface area contributed by atoms with Gasteiger partial charge in [-0.3, -0.25) is 4.79 Å². The van der Waals surface area contributed by atoms with Crippen molar-refractivity contribution in [1.82, 2.24) is 4.90 Å². The largest absolute Gasteiger partial charge is 0.466 e. The van der Waals surface area contributed by atoms with Crippen LogP contribution in [0, 0.1) is 19.7 Å². The number of furan rings is 1. The second kappa shape index (κ2) is 6.16. The van der Waals surface area contributed by atoms with Crippen LogP contribution in [0.25, 0.3) is 0 Å². The topological polar surface area (TPSA) is 53.7 Å². The normalized spacial score (nSPS) is 15.5. The van der Waals surface area contributed by atoms with Gasteiger partial charge in [0.25, 0.3) is 5.91 Å². The number of aliphatic hydroxyl groups is 1. The van der Waals surface area contributed by atoms with E-state index >= 15 is 0 Å². The first-order valence-corrected chi connectivity index (χ1v) is 7.77. The van der Waals surface area contributed by atoms with Gasteiger partial charge in [-0.15, -0.1) is 0 Å². The highest BCUT2D eigenvalue weighted by Gasteiger charge is 2.35. The molecule has 0 saturated heterocycles. The molecule has 0 spiro atoms. The number of carbonyl (C=O) groups excluding carboxylic acids is 1. The lowest BCUT2D eigenvalue weighted by atomic mass is 10.1. The number of hydrogen-bond donors (Lipinski definition) is 1. The zero-order chi connectivity index (χ0) is 16.6. The van der Waals surface area contributed by atoms with Crippen molar-refractivity contribution in [1.29, 1.82) is 0 Å². The summed E-state index contributed by atoms with van der Waals surface area (Å²) in [6, 6.07) is 7.60. The standard InChI is InChI=1S/C18H20FNO3/c1-11-9-16(12(2)23-11)18(22)20(15-7-8-15)10-17(21)13-3-5-14(19)6-4-13/h3-6,9,15,17,21H,7-8,10H2,1-2H3. The van der Waals surface area contributed by atoms with Crippen molar-refractivity contribution in [3.8, 4) is 0 Å². The smallest absolute Gasteiger partial charge is 0.257 e. The van der Waals surface area contributed by atoms with E-state index in [0.29, 0.717) is 22.6 Å². The molecule has 1 aromatic heterocycles. The summed E-state index contributed by atoms with van der Waals surface area (Å²) in [5, 5.41) is 10.4. The predicted molar refractivity (Wildman–Crippen MR) is 83.6 cm³/mol. The Morgan fingerprint density at radius 3 is 2.52 bits per heavy atom. The molecular weight excluding hydrogens is 297 g/mol. The van der Waals surface area contributed by atoms with Gasteiger partial charge in [0, 0.05) is 6.04 Å². The van der Waals surface area contributed by atoms with Crippen LogP contribution in [0.15, 0.2) is 34.7 Å². The molecule has 0 aliphatic heterocycles. The number of aryl methyl sites for hydroxylation is 2. The molecule has 4 nitrogen and oxygen atoms in total. The maximum Gasteiger partial charge on any atom is 0.257 e. The molecule has 1 aliphatic rings. The summed E-state index contributed by atoms with van der Waals surface area (Å²) in [5.41, 5.74) is 1.14. The van der Waals surface area contributed by atoms with Crippen molar-refractivity contribution >= 4 is 5.91 Å². The minimum Gasteiger partial charge on any atom is -0.466 e. The Balaban J connectivity index is 1.78. The SMILES string of the molecule is Cc1cc(C(=O)N(CC(O)c2ccc(F)cc2)C2CC2)c(C)o1. The summed E-state index contributed by atoms with van der Waals surface area (Å²) in [6.07, 6.45) is 1.05. The van der Waals surface area contributed by atoms with E-state index in [9.17, 15) is 14.3 Å². The first kappa shape index (κ1) is 15.7. The average molecular weight is 317 g/mol. The monoisotopic (exact) mass is 317 g/mol. The van der Waals surface area contributed by atoms with Crippen molar-refractivity contribution in [3.05, 3.63) is 58.8 Å². The fraction of sp³-hybridized carbons (Fsp3) is 0.389. The Hall–Kier alpha value is -2.14. The van der Waals surface area contributed by atoms with Gasteiger partial charge in [-0.2, -0.15) is 0 Å². The molecule has 2 aromatic rings. The summed E-state index contributed by atoms with van der Waals surface area (Å²) < 4.78 is 18.4. The third-order valence-electron chi connectivity index (χ3n) is 4.14. The van der Waals surface area contributed by atoms with Gasteiger partial charge in [-0.05, 0) is 50.5 Å². The maximum absolute atomic E-state index is 13.0. The summed E-state index contributed by atoms with van der Waals surface area (Å²) in [6.45, 7) is 3.76. The first-order chi connectivity index (χ1) is 11.0. The Morgan fingerprint density at radius 1 is 1.35 bits per heavy atom. The minimum absolute atomic E-state index is 0.122. The Bertz CT molecular complexity index is 704. The lowest BCUT2D eigenvalue weighted by Gasteiger charge is -2.25. The van der Waals surface area contributed by atoms with Gasteiger partial charge in [-0.25, -0.2) is 4.39 Å². The molecule has 1 N–H and O–H groups in total. The van der Waals surface area contributed by atoms with Gasteiger partial charge in [0.2, 0.25) is 0 Å². The second-order valence-corrected chi connectivity index (χ2v) is 6.08. The van der Waals surface area contributed by atoms with E-state index in [4.69, 9.17) is 4.42 Å². The average Bonchev–Trinajstić information content (AvgIpc) is 3.29. The van der Waals surface area contributed by atoms with Crippen molar-refractivity contribution in [3.63, 3.8) is 0 Å². The van der Waals surface area contributed by atoms with Gasteiger partial charge in [0.15, 0.2) is 0 Å². The summed E-state index contributed by atoms with van der Waals surface area (Å²) in [7, 11) is 0. The van der Waals surface area contributed by atoms with Crippen LogP contribution in [-0.2, 0) is 0 Å². The van der Waals surface area contributed by atoms with Gasteiger partial charge in [-0.1, -0.05) is 12.1 Å². The quantitative estimate of drug-likeness (QED) is 0.920. The molecule has 23 heavy (non-hydrogen) atoms. The van der Waals surface area contributed by atoms with Gasteiger partial charge >= 0.3 is 0 Å². The molecule has 1 saturated carbocycles. The molecular formula is C18H20FNO3. The van der Waals surface area contributed by atoms with E-state index in [0.717, 1.165) is 12.8 Å². The minimum atomic E-state index is -0.839. The number of aliphatic hydroxyl groups excluding tert-OH is 1. The Kier molecular flexibility index (Phi) is 4.22. The summed E-state index contributed by atoms with van der Waals surface area (Å²) in [5.74, 6) is 0.818. The van der Waals surface area contributed by atoms with E-state index in [1.165, 1.54) is 12.1 Å². The number of benzene rings is 1. The van der Waals surface area contributed by atoms with Gasteiger partial charge in [0.1, 0.15) is 17.3 Å². The number of carbonyl (C=O) groups is 1. The molecule has 122 valence electrons. The van der Waals surface area contributed by atoms with Gasteiger partial charge in [0.05, 0.1) is 18.2 Å². The molecule has 1 aliphatic carbocycles. The Labute approximate surface area is 134 Å². The van der Waals surface area contributed by atoms with Crippen LogP contribution in [0.5, 0.6) is 0 Å². The molecule has 1 unspecified atom stereocenters. The van der Waals surface area contributed by atoms with Crippen molar-refractivity contribution in [2.45, 2.75) is 38.8 Å². The molecule has 5 heteroatoms. The number of nitrogens with zero attached hydrogens (tertiary/aromatic N) is 1. The van der Waals surface area contributed by atoms with Crippen LogP contribution in [0.2, 0.25) is 0 Å². The van der Waals surface area contributed by atoms with Crippen LogP contribution < -0.4 is 0 Å². The molecule has 1 aromatic carbocycles. The lowest BCUT2D eigenvalue weighted by Crippen LogP contribution is -2.36. The fourth-order valence-electron chi connectivity index (χ4n) is 2.76. The number of halogens is 1. The summed E-state index contributed by atoms with van der Waals surface area (Å²) >= 11 is 0. The van der Waals surface area contributed by atoms with E-state index in [2.05, 4.69) is 0 Å². The van der Waals surface area contributed by atoms with Crippen molar-refractivity contribution in [2.75, 3.05) is 6.54 Å². The Morgan fingerprint density at radius 2 is 2.00 bits per heavy atom. The molecule has 1 fully saturated rings. The highest BCUT2D eigenvalue weighted by Crippen LogP contribution is 2.31. The van der Waals surface area contributed by atoms with Crippen LogP contribution in [0.3, 0.4) is 0 Å². The molecule has 1 amide bonds.